The molecule has 0 aromatic rings. The Morgan fingerprint density at radius 2 is 2.00 bits per heavy atom. The molecule has 1 aliphatic carbocycles. The van der Waals surface area contributed by atoms with Crippen molar-refractivity contribution in [3.05, 3.63) is 0 Å². The van der Waals surface area contributed by atoms with Crippen molar-refractivity contribution in [3.63, 3.8) is 0 Å². The average Bonchev–Trinajstić information content (AvgIpc) is 2.69. The van der Waals surface area contributed by atoms with E-state index in [4.69, 9.17) is 0 Å². The average molecular weight is 238 g/mol. The fraction of sp³-hybridized carbons (Fsp3) is 0.929. The number of carbonyl (C=O) groups is 1. The highest BCUT2D eigenvalue weighted by molar-refractivity contribution is 5.80. The van der Waals surface area contributed by atoms with Gasteiger partial charge in [-0.1, -0.05) is 39.5 Å². The molecule has 1 saturated carbocycles. The van der Waals surface area contributed by atoms with E-state index in [2.05, 4.69) is 24.1 Å². The lowest BCUT2D eigenvalue weighted by molar-refractivity contribution is -0.128. The maximum Gasteiger partial charge on any atom is 0.237 e. The molecule has 0 aromatic heterocycles. The van der Waals surface area contributed by atoms with Gasteiger partial charge in [-0.05, 0) is 24.7 Å². The zero-order valence-corrected chi connectivity index (χ0v) is 11.2. The normalized spacial score (nSPS) is 34.4. The maximum absolute atomic E-state index is 11.7. The molecule has 3 nitrogen and oxygen atoms in total. The van der Waals surface area contributed by atoms with Crippen LogP contribution in [-0.4, -0.2) is 30.1 Å². The van der Waals surface area contributed by atoms with Crippen LogP contribution in [0.2, 0.25) is 0 Å². The summed E-state index contributed by atoms with van der Waals surface area (Å²) in [6, 6.07) is 0. The molecule has 1 atom stereocenters. The van der Waals surface area contributed by atoms with E-state index in [1.165, 1.54) is 32.1 Å². The van der Waals surface area contributed by atoms with E-state index in [1.807, 2.05) is 0 Å². The Balaban J connectivity index is 1.75. The zero-order chi connectivity index (χ0) is 12.3. The molecular weight excluding hydrogens is 212 g/mol. The summed E-state index contributed by atoms with van der Waals surface area (Å²) >= 11 is 0. The third-order valence-electron chi connectivity index (χ3n) is 4.49. The summed E-state index contributed by atoms with van der Waals surface area (Å²) in [7, 11) is 0. The van der Waals surface area contributed by atoms with Crippen LogP contribution in [0.4, 0.5) is 0 Å². The Kier molecular flexibility index (Phi) is 4.43. The highest BCUT2D eigenvalue weighted by atomic mass is 16.2. The largest absolute Gasteiger partial charge is 0.326 e. The number of nitrogens with one attached hydrogen (secondary N) is 1. The van der Waals surface area contributed by atoms with Gasteiger partial charge in [0.15, 0.2) is 0 Å². The second kappa shape index (κ2) is 5.85. The summed E-state index contributed by atoms with van der Waals surface area (Å²) in [6.07, 6.45) is 8.03. The topological polar surface area (TPSA) is 32.3 Å². The lowest BCUT2D eigenvalue weighted by Crippen LogP contribution is -2.38. The quantitative estimate of drug-likeness (QED) is 0.815. The summed E-state index contributed by atoms with van der Waals surface area (Å²) in [5.41, 5.74) is 0. The highest BCUT2D eigenvalue weighted by Gasteiger charge is 2.29. The van der Waals surface area contributed by atoms with Gasteiger partial charge in [0, 0.05) is 6.54 Å². The van der Waals surface area contributed by atoms with Crippen molar-refractivity contribution >= 4 is 5.91 Å². The Bertz CT molecular complexity index is 259. The summed E-state index contributed by atoms with van der Waals surface area (Å²) in [5, 5.41) is 3.28. The first-order valence-corrected chi connectivity index (χ1v) is 7.23. The minimum Gasteiger partial charge on any atom is -0.326 e. The van der Waals surface area contributed by atoms with E-state index in [1.54, 1.807) is 0 Å². The van der Waals surface area contributed by atoms with Crippen molar-refractivity contribution in [1.29, 1.82) is 0 Å². The Morgan fingerprint density at radius 3 is 2.65 bits per heavy atom. The minimum atomic E-state index is 0.293. The van der Waals surface area contributed by atoms with Gasteiger partial charge < -0.3 is 4.90 Å². The Hall–Kier alpha value is -0.570. The fourth-order valence-corrected chi connectivity index (χ4v) is 3.18. The molecular formula is C14H26N2O. The summed E-state index contributed by atoms with van der Waals surface area (Å²) in [6.45, 7) is 6.01. The molecule has 98 valence electrons. The van der Waals surface area contributed by atoms with Gasteiger partial charge in [0.1, 0.15) is 0 Å². The number of hydrogen-bond donors (Lipinski definition) is 1. The number of amides is 1. The molecule has 0 spiro atoms. The van der Waals surface area contributed by atoms with Crippen LogP contribution < -0.4 is 5.32 Å². The summed E-state index contributed by atoms with van der Waals surface area (Å²) in [4.78, 5) is 13.8. The van der Waals surface area contributed by atoms with Gasteiger partial charge in [-0.3, -0.25) is 10.1 Å². The van der Waals surface area contributed by atoms with Crippen LogP contribution in [0.15, 0.2) is 0 Å². The standard InChI is InChI=1S/C14H26N2O/c1-3-13-15-10-14(17)16(13)9-8-12-6-4-11(2)5-7-12/h11-13,15H,3-10H2,1-2H3. The van der Waals surface area contributed by atoms with E-state index >= 15 is 0 Å². The second-order valence-electron chi connectivity index (χ2n) is 5.81. The van der Waals surface area contributed by atoms with Gasteiger partial charge in [0.25, 0.3) is 0 Å². The second-order valence-corrected chi connectivity index (χ2v) is 5.81. The van der Waals surface area contributed by atoms with Crippen LogP contribution in [0.1, 0.15) is 52.4 Å². The first kappa shape index (κ1) is 12.9. The van der Waals surface area contributed by atoms with E-state index in [0.29, 0.717) is 18.6 Å². The van der Waals surface area contributed by atoms with Gasteiger partial charge in [-0.15, -0.1) is 0 Å². The SMILES string of the molecule is CCC1NCC(=O)N1CCC1CCC(C)CC1. The van der Waals surface area contributed by atoms with Gasteiger partial charge in [-0.2, -0.15) is 0 Å². The molecule has 0 aromatic carbocycles. The molecule has 1 saturated heterocycles. The molecule has 2 aliphatic rings. The molecule has 17 heavy (non-hydrogen) atoms. The molecule has 2 rings (SSSR count). The first-order chi connectivity index (χ1) is 8.20. The fourth-order valence-electron chi connectivity index (χ4n) is 3.18. The van der Waals surface area contributed by atoms with Crippen molar-refractivity contribution in [2.75, 3.05) is 13.1 Å². The van der Waals surface area contributed by atoms with Crippen LogP contribution in [0, 0.1) is 11.8 Å². The highest BCUT2D eigenvalue weighted by Crippen LogP contribution is 2.30. The maximum atomic E-state index is 11.7. The van der Waals surface area contributed by atoms with Crippen molar-refractivity contribution < 1.29 is 4.79 Å². The molecule has 1 unspecified atom stereocenters. The van der Waals surface area contributed by atoms with Gasteiger partial charge >= 0.3 is 0 Å². The Morgan fingerprint density at radius 1 is 1.29 bits per heavy atom. The van der Waals surface area contributed by atoms with Crippen molar-refractivity contribution in [2.24, 2.45) is 11.8 Å². The van der Waals surface area contributed by atoms with Crippen molar-refractivity contribution in [3.8, 4) is 0 Å². The summed E-state index contributed by atoms with van der Waals surface area (Å²) < 4.78 is 0. The molecule has 1 aliphatic heterocycles. The van der Waals surface area contributed by atoms with Crippen molar-refractivity contribution in [1.82, 2.24) is 10.2 Å². The van der Waals surface area contributed by atoms with Crippen LogP contribution in [0.25, 0.3) is 0 Å². The smallest absolute Gasteiger partial charge is 0.237 e. The van der Waals surface area contributed by atoms with Crippen LogP contribution in [0.3, 0.4) is 0 Å². The number of nitrogens with zero attached hydrogens (tertiary/aromatic N) is 1. The molecule has 2 fully saturated rings. The van der Waals surface area contributed by atoms with E-state index in [9.17, 15) is 4.79 Å². The number of rotatable bonds is 4. The summed E-state index contributed by atoms with van der Waals surface area (Å²) in [5.74, 6) is 2.07. The first-order valence-electron chi connectivity index (χ1n) is 7.23. The monoisotopic (exact) mass is 238 g/mol. The number of hydrogen-bond acceptors (Lipinski definition) is 2. The minimum absolute atomic E-state index is 0.293. The van der Waals surface area contributed by atoms with E-state index in [0.717, 1.165) is 24.8 Å². The molecule has 1 amide bonds. The predicted octanol–water partition coefficient (Wildman–Crippen LogP) is 2.37. The molecule has 1 N–H and O–H groups in total. The molecule has 1 heterocycles. The molecule has 0 radical (unpaired) electrons. The number of carbonyl (C=O) groups excluding carboxylic acids is 1. The Labute approximate surface area is 105 Å². The molecule has 0 bridgehead atoms. The van der Waals surface area contributed by atoms with Crippen molar-refractivity contribution in [2.45, 2.75) is 58.5 Å². The van der Waals surface area contributed by atoms with Crippen LogP contribution in [0.5, 0.6) is 0 Å². The van der Waals surface area contributed by atoms with Crippen LogP contribution >= 0.6 is 0 Å². The van der Waals surface area contributed by atoms with Gasteiger partial charge in [0.05, 0.1) is 12.7 Å². The lowest BCUT2D eigenvalue weighted by Gasteiger charge is -2.29. The lowest BCUT2D eigenvalue weighted by atomic mass is 9.81. The third-order valence-corrected chi connectivity index (χ3v) is 4.49. The third kappa shape index (κ3) is 3.21. The van der Waals surface area contributed by atoms with Crippen LogP contribution in [-0.2, 0) is 4.79 Å². The van der Waals surface area contributed by atoms with E-state index in [-0.39, 0.29) is 0 Å². The zero-order valence-electron chi connectivity index (χ0n) is 11.2. The van der Waals surface area contributed by atoms with E-state index < -0.39 is 0 Å². The van der Waals surface area contributed by atoms with Gasteiger partial charge in [-0.25, -0.2) is 0 Å². The molecule has 3 heteroatoms. The van der Waals surface area contributed by atoms with Gasteiger partial charge in [0.2, 0.25) is 5.91 Å². The predicted molar refractivity (Wildman–Crippen MR) is 69.5 cm³/mol.